The van der Waals surface area contributed by atoms with Gasteiger partial charge in [-0.3, -0.25) is 9.59 Å². The fraction of sp³-hybridized carbons (Fsp3) is 0.927. The first-order valence-corrected chi connectivity index (χ1v) is 27.2. The van der Waals surface area contributed by atoms with Crippen molar-refractivity contribution in [2.75, 3.05) is 19.8 Å². The Morgan fingerprint density at radius 2 is 0.650 bits per heavy atom. The second kappa shape index (κ2) is 52.0. The average Bonchev–Trinajstić information content (AvgIpc) is 3.25. The van der Waals surface area contributed by atoms with E-state index >= 15 is 0 Å². The van der Waals surface area contributed by atoms with E-state index in [2.05, 4.69) is 32.9 Å². The second-order valence-corrected chi connectivity index (χ2v) is 18.5. The van der Waals surface area contributed by atoms with Gasteiger partial charge in [0, 0.05) is 19.4 Å². The van der Waals surface area contributed by atoms with Gasteiger partial charge < -0.3 is 14.2 Å². The lowest BCUT2D eigenvalue weighted by Crippen LogP contribution is -2.30. The Morgan fingerprint density at radius 1 is 0.350 bits per heavy atom. The molecule has 356 valence electrons. The molecule has 0 radical (unpaired) electrons. The molecular formula is C55H106O5. The number of carbonyl (C=O) groups excluding carboxylic acids is 2. The van der Waals surface area contributed by atoms with Crippen LogP contribution in [0.3, 0.4) is 0 Å². The summed E-state index contributed by atoms with van der Waals surface area (Å²) in [6, 6.07) is 0. The molecule has 0 aliphatic rings. The number of carbonyl (C=O) groups is 2. The molecular weight excluding hydrogens is 741 g/mol. The summed E-state index contributed by atoms with van der Waals surface area (Å²) in [5.74, 6) is -0.383. The zero-order valence-corrected chi connectivity index (χ0v) is 41.0. The number of ether oxygens (including phenoxy) is 3. The highest BCUT2D eigenvalue weighted by molar-refractivity contribution is 5.70. The number of allylic oxidation sites excluding steroid dienone is 2. The Labute approximate surface area is 375 Å². The van der Waals surface area contributed by atoms with E-state index in [1.807, 2.05) is 0 Å². The Balaban J connectivity index is 4.03. The fourth-order valence-electron chi connectivity index (χ4n) is 8.21. The summed E-state index contributed by atoms with van der Waals surface area (Å²) in [5, 5.41) is 0. The molecule has 0 N–H and O–H groups in total. The monoisotopic (exact) mass is 847 g/mol. The van der Waals surface area contributed by atoms with E-state index in [0.29, 0.717) is 26.1 Å². The molecule has 0 aromatic heterocycles. The zero-order valence-electron chi connectivity index (χ0n) is 41.0. The van der Waals surface area contributed by atoms with E-state index in [4.69, 9.17) is 14.2 Å². The maximum Gasteiger partial charge on any atom is 0.306 e. The van der Waals surface area contributed by atoms with Crippen LogP contribution in [-0.4, -0.2) is 37.9 Å². The van der Waals surface area contributed by atoms with Gasteiger partial charge in [0.1, 0.15) is 6.61 Å². The first kappa shape index (κ1) is 58.6. The van der Waals surface area contributed by atoms with Crippen molar-refractivity contribution in [1.82, 2.24) is 0 Å². The van der Waals surface area contributed by atoms with Crippen molar-refractivity contribution in [1.29, 1.82) is 0 Å². The second-order valence-electron chi connectivity index (χ2n) is 18.5. The predicted octanol–water partition coefficient (Wildman–Crippen LogP) is 18.2. The van der Waals surface area contributed by atoms with Crippen LogP contribution in [0.2, 0.25) is 0 Å². The van der Waals surface area contributed by atoms with Gasteiger partial charge in [-0.25, -0.2) is 0 Å². The lowest BCUT2D eigenvalue weighted by Gasteiger charge is -2.18. The minimum Gasteiger partial charge on any atom is -0.462 e. The van der Waals surface area contributed by atoms with Crippen molar-refractivity contribution in [3.05, 3.63) is 12.2 Å². The van der Waals surface area contributed by atoms with Crippen molar-refractivity contribution in [3.8, 4) is 0 Å². The molecule has 0 aliphatic heterocycles. The number of unbranched alkanes of at least 4 members (excludes halogenated alkanes) is 38. The van der Waals surface area contributed by atoms with Crippen LogP contribution in [-0.2, 0) is 23.8 Å². The quantitative estimate of drug-likeness (QED) is 0.0347. The number of rotatable bonds is 51. The standard InChI is InChI=1S/C55H106O5/c1-4-7-10-13-16-18-20-22-24-26-28-29-31-33-35-37-40-42-45-48-54(56)59-52-53(60-55(57)49-46-43-39-15-12-9-6-3)51-58-50-47-44-41-38-36-34-32-30-27-25-23-21-19-17-14-11-8-5-2/h23,25,53H,4-22,24,26-52H2,1-3H3/b25-23-. The summed E-state index contributed by atoms with van der Waals surface area (Å²) in [5.41, 5.74) is 0. The molecule has 0 aromatic carbocycles. The molecule has 0 saturated heterocycles. The molecule has 1 unspecified atom stereocenters. The lowest BCUT2D eigenvalue weighted by molar-refractivity contribution is -0.163. The smallest absolute Gasteiger partial charge is 0.306 e. The topological polar surface area (TPSA) is 61.8 Å². The van der Waals surface area contributed by atoms with Crippen molar-refractivity contribution in [2.45, 2.75) is 309 Å². The highest BCUT2D eigenvalue weighted by Gasteiger charge is 2.17. The van der Waals surface area contributed by atoms with Gasteiger partial charge in [-0.15, -0.1) is 0 Å². The van der Waals surface area contributed by atoms with E-state index in [-0.39, 0.29) is 18.5 Å². The van der Waals surface area contributed by atoms with Gasteiger partial charge in [-0.05, 0) is 44.9 Å². The summed E-state index contributed by atoms with van der Waals surface area (Å²) in [6.07, 6.45) is 59.6. The van der Waals surface area contributed by atoms with Gasteiger partial charge in [-0.1, -0.05) is 258 Å². The predicted molar refractivity (Wildman–Crippen MR) is 261 cm³/mol. The maximum absolute atomic E-state index is 12.7. The Hall–Kier alpha value is -1.36. The van der Waals surface area contributed by atoms with Crippen LogP contribution >= 0.6 is 0 Å². The van der Waals surface area contributed by atoms with E-state index in [1.165, 1.54) is 231 Å². The van der Waals surface area contributed by atoms with Crippen LogP contribution in [0, 0.1) is 0 Å². The van der Waals surface area contributed by atoms with Crippen LogP contribution in [0.5, 0.6) is 0 Å². The van der Waals surface area contributed by atoms with Gasteiger partial charge in [0.05, 0.1) is 6.61 Å². The minimum atomic E-state index is -0.526. The van der Waals surface area contributed by atoms with Crippen LogP contribution in [0.25, 0.3) is 0 Å². The molecule has 0 bridgehead atoms. The molecule has 60 heavy (non-hydrogen) atoms. The van der Waals surface area contributed by atoms with Crippen LogP contribution < -0.4 is 0 Å². The Kier molecular flexibility index (Phi) is 50.8. The Morgan fingerprint density at radius 3 is 1.02 bits per heavy atom. The molecule has 5 nitrogen and oxygen atoms in total. The maximum atomic E-state index is 12.7. The van der Waals surface area contributed by atoms with Gasteiger partial charge in [0.2, 0.25) is 0 Å². The van der Waals surface area contributed by atoms with E-state index in [1.54, 1.807) is 0 Å². The Bertz CT molecular complexity index is 871. The average molecular weight is 847 g/mol. The zero-order chi connectivity index (χ0) is 43.5. The van der Waals surface area contributed by atoms with Gasteiger partial charge in [-0.2, -0.15) is 0 Å². The van der Waals surface area contributed by atoms with Crippen LogP contribution in [0.1, 0.15) is 303 Å². The SMILES string of the molecule is CCCCCCCC/C=C\CCCCCCCCCCOCC(COC(=O)CCCCCCCCCCCCCCCCCCCCC)OC(=O)CCCCCCCCC. The molecule has 1 atom stereocenters. The minimum absolute atomic E-state index is 0.0929. The number of esters is 2. The van der Waals surface area contributed by atoms with Crippen molar-refractivity contribution in [2.24, 2.45) is 0 Å². The van der Waals surface area contributed by atoms with E-state index in [0.717, 1.165) is 38.5 Å². The summed E-state index contributed by atoms with van der Waals surface area (Å²) in [4.78, 5) is 25.3. The molecule has 5 heteroatoms. The summed E-state index contributed by atoms with van der Waals surface area (Å²) in [6.45, 7) is 7.85. The first-order valence-electron chi connectivity index (χ1n) is 27.2. The molecule has 0 rings (SSSR count). The molecule has 0 spiro atoms. The van der Waals surface area contributed by atoms with Gasteiger partial charge >= 0.3 is 11.9 Å². The van der Waals surface area contributed by atoms with Crippen molar-refractivity contribution in [3.63, 3.8) is 0 Å². The fourth-order valence-corrected chi connectivity index (χ4v) is 8.21. The summed E-state index contributed by atoms with van der Waals surface area (Å²) < 4.78 is 17.4. The third-order valence-corrected chi connectivity index (χ3v) is 12.3. The highest BCUT2D eigenvalue weighted by atomic mass is 16.6. The highest BCUT2D eigenvalue weighted by Crippen LogP contribution is 2.16. The van der Waals surface area contributed by atoms with Crippen molar-refractivity contribution < 1.29 is 23.8 Å². The van der Waals surface area contributed by atoms with E-state index < -0.39 is 6.10 Å². The number of hydrogen-bond donors (Lipinski definition) is 0. The van der Waals surface area contributed by atoms with Gasteiger partial charge in [0.15, 0.2) is 6.10 Å². The van der Waals surface area contributed by atoms with Crippen molar-refractivity contribution >= 4 is 11.9 Å². The first-order chi connectivity index (χ1) is 29.6. The normalized spacial score (nSPS) is 12.1. The summed E-state index contributed by atoms with van der Waals surface area (Å²) >= 11 is 0. The van der Waals surface area contributed by atoms with Crippen LogP contribution in [0.4, 0.5) is 0 Å². The third kappa shape index (κ3) is 49.3. The molecule has 0 aliphatic carbocycles. The molecule has 0 fully saturated rings. The van der Waals surface area contributed by atoms with Gasteiger partial charge in [0.25, 0.3) is 0 Å². The number of hydrogen-bond acceptors (Lipinski definition) is 5. The largest absolute Gasteiger partial charge is 0.462 e. The molecule has 0 heterocycles. The third-order valence-electron chi connectivity index (χ3n) is 12.3. The molecule has 0 saturated carbocycles. The molecule has 0 amide bonds. The lowest BCUT2D eigenvalue weighted by atomic mass is 10.0. The molecule has 0 aromatic rings. The summed E-state index contributed by atoms with van der Waals surface area (Å²) in [7, 11) is 0. The van der Waals surface area contributed by atoms with E-state index in [9.17, 15) is 9.59 Å². The van der Waals surface area contributed by atoms with Crippen LogP contribution in [0.15, 0.2) is 12.2 Å².